The molecular weight excluding hydrogens is 439 g/mol. The zero-order chi connectivity index (χ0) is 24.6. The van der Waals surface area contributed by atoms with E-state index in [1.165, 1.54) is 12.1 Å². The number of rotatable bonds is 8. The van der Waals surface area contributed by atoms with Gasteiger partial charge in [0, 0.05) is 17.8 Å². The zero-order valence-electron chi connectivity index (χ0n) is 19.6. The smallest absolute Gasteiger partial charge is 0.258 e. The van der Waals surface area contributed by atoms with Crippen LogP contribution in [0.4, 0.5) is 10.1 Å². The summed E-state index contributed by atoms with van der Waals surface area (Å²) in [6, 6.07) is 30.8. The molecule has 5 heteroatoms. The summed E-state index contributed by atoms with van der Waals surface area (Å²) in [6.07, 6.45) is 0.239. The Labute approximate surface area is 205 Å². The lowest BCUT2D eigenvalue weighted by Crippen LogP contribution is -2.31. The van der Waals surface area contributed by atoms with E-state index < -0.39 is 0 Å². The standard InChI is InChI=1S/C30H27FN2O2/c1-22-8-5-6-13-28(22)30(35)33(21-25-11-7-12-26(31)18-25)27-16-14-23(15-17-27)19-29(34)32-20-24-9-3-2-4-10-24/h2-18H,19-21H2,1H3,(H,32,34). The maximum absolute atomic E-state index is 13.8. The second-order valence-corrected chi connectivity index (χ2v) is 8.44. The van der Waals surface area contributed by atoms with E-state index in [9.17, 15) is 14.0 Å². The van der Waals surface area contributed by atoms with E-state index in [-0.39, 0.29) is 30.6 Å². The molecule has 0 spiro atoms. The number of hydrogen-bond acceptors (Lipinski definition) is 2. The molecule has 0 atom stereocenters. The van der Waals surface area contributed by atoms with Crippen molar-refractivity contribution in [2.24, 2.45) is 0 Å². The Morgan fingerprint density at radius 3 is 2.17 bits per heavy atom. The number of amides is 2. The highest BCUT2D eigenvalue weighted by atomic mass is 19.1. The van der Waals surface area contributed by atoms with Crippen molar-refractivity contribution in [2.75, 3.05) is 4.90 Å². The van der Waals surface area contributed by atoms with E-state index in [1.54, 1.807) is 23.1 Å². The van der Waals surface area contributed by atoms with Crippen LogP contribution in [0.2, 0.25) is 0 Å². The molecule has 35 heavy (non-hydrogen) atoms. The Balaban J connectivity index is 1.51. The number of aryl methyl sites for hydroxylation is 1. The summed E-state index contributed by atoms with van der Waals surface area (Å²) in [5.41, 5.74) is 4.71. The van der Waals surface area contributed by atoms with Crippen molar-refractivity contribution in [1.29, 1.82) is 0 Å². The van der Waals surface area contributed by atoms with E-state index in [2.05, 4.69) is 5.32 Å². The molecule has 0 fully saturated rings. The fraction of sp³-hybridized carbons (Fsp3) is 0.133. The molecule has 0 aliphatic rings. The number of anilines is 1. The van der Waals surface area contributed by atoms with Crippen LogP contribution in [0.3, 0.4) is 0 Å². The van der Waals surface area contributed by atoms with Crippen LogP contribution < -0.4 is 10.2 Å². The monoisotopic (exact) mass is 466 g/mol. The number of nitrogens with zero attached hydrogens (tertiary/aromatic N) is 1. The third kappa shape index (κ3) is 6.42. The van der Waals surface area contributed by atoms with Gasteiger partial charge in [0.25, 0.3) is 5.91 Å². The second-order valence-electron chi connectivity index (χ2n) is 8.44. The predicted molar refractivity (Wildman–Crippen MR) is 137 cm³/mol. The summed E-state index contributed by atoms with van der Waals surface area (Å²) in [5.74, 6) is -0.586. The lowest BCUT2D eigenvalue weighted by atomic mass is 10.1. The van der Waals surface area contributed by atoms with E-state index in [0.717, 1.165) is 16.7 Å². The summed E-state index contributed by atoms with van der Waals surface area (Å²) in [6.45, 7) is 2.59. The summed E-state index contributed by atoms with van der Waals surface area (Å²) < 4.78 is 13.8. The van der Waals surface area contributed by atoms with Gasteiger partial charge in [0.2, 0.25) is 5.91 Å². The Morgan fingerprint density at radius 1 is 0.771 bits per heavy atom. The predicted octanol–water partition coefficient (Wildman–Crippen LogP) is 5.84. The number of nitrogens with one attached hydrogen (secondary N) is 1. The van der Waals surface area contributed by atoms with Crippen molar-refractivity contribution in [3.8, 4) is 0 Å². The maximum atomic E-state index is 13.8. The summed E-state index contributed by atoms with van der Waals surface area (Å²) >= 11 is 0. The number of benzene rings is 4. The first kappa shape index (κ1) is 23.9. The lowest BCUT2D eigenvalue weighted by molar-refractivity contribution is -0.120. The van der Waals surface area contributed by atoms with Crippen molar-refractivity contribution >= 4 is 17.5 Å². The molecule has 4 nitrogen and oxygen atoms in total. The molecule has 4 aromatic carbocycles. The molecular formula is C30H27FN2O2. The van der Waals surface area contributed by atoms with Crippen LogP contribution in [-0.4, -0.2) is 11.8 Å². The quantitative estimate of drug-likeness (QED) is 0.355. The Hall–Kier alpha value is -4.25. The molecule has 0 bridgehead atoms. The lowest BCUT2D eigenvalue weighted by Gasteiger charge is -2.24. The molecule has 0 saturated carbocycles. The van der Waals surface area contributed by atoms with Gasteiger partial charge in [0.15, 0.2) is 0 Å². The third-order valence-electron chi connectivity index (χ3n) is 5.80. The normalized spacial score (nSPS) is 10.6. The van der Waals surface area contributed by atoms with Crippen LogP contribution in [0, 0.1) is 12.7 Å². The molecule has 0 aliphatic carbocycles. The molecule has 2 amide bonds. The highest BCUT2D eigenvalue weighted by molar-refractivity contribution is 6.07. The van der Waals surface area contributed by atoms with Gasteiger partial charge in [-0.25, -0.2) is 4.39 Å². The van der Waals surface area contributed by atoms with Gasteiger partial charge in [-0.15, -0.1) is 0 Å². The number of carbonyl (C=O) groups is 2. The fourth-order valence-electron chi connectivity index (χ4n) is 3.89. The molecule has 0 aromatic heterocycles. The minimum absolute atomic E-state index is 0.0748. The number of hydrogen-bond donors (Lipinski definition) is 1. The van der Waals surface area contributed by atoms with Crippen LogP contribution in [0.15, 0.2) is 103 Å². The largest absolute Gasteiger partial charge is 0.352 e. The molecule has 176 valence electrons. The van der Waals surface area contributed by atoms with Crippen LogP contribution in [0.25, 0.3) is 0 Å². The van der Waals surface area contributed by atoms with E-state index >= 15 is 0 Å². The van der Waals surface area contributed by atoms with Gasteiger partial charge in [-0.2, -0.15) is 0 Å². The highest BCUT2D eigenvalue weighted by Crippen LogP contribution is 2.23. The molecule has 4 rings (SSSR count). The average molecular weight is 467 g/mol. The van der Waals surface area contributed by atoms with E-state index in [0.29, 0.717) is 23.4 Å². The first-order valence-electron chi connectivity index (χ1n) is 11.5. The van der Waals surface area contributed by atoms with Crippen LogP contribution >= 0.6 is 0 Å². The van der Waals surface area contributed by atoms with Gasteiger partial charge >= 0.3 is 0 Å². The van der Waals surface area contributed by atoms with Crippen LogP contribution in [0.1, 0.15) is 32.6 Å². The third-order valence-corrected chi connectivity index (χ3v) is 5.80. The minimum Gasteiger partial charge on any atom is -0.352 e. The van der Waals surface area contributed by atoms with Gasteiger partial charge in [-0.1, -0.05) is 72.8 Å². The van der Waals surface area contributed by atoms with Crippen LogP contribution in [-0.2, 0) is 24.3 Å². The molecule has 1 N–H and O–H groups in total. The van der Waals surface area contributed by atoms with Crippen molar-refractivity contribution in [1.82, 2.24) is 5.32 Å². The van der Waals surface area contributed by atoms with Gasteiger partial charge < -0.3 is 10.2 Å². The Kier molecular flexibility index (Phi) is 7.68. The minimum atomic E-state index is -0.345. The van der Waals surface area contributed by atoms with E-state index in [1.807, 2.05) is 79.7 Å². The zero-order valence-corrected chi connectivity index (χ0v) is 19.6. The molecule has 0 heterocycles. The first-order chi connectivity index (χ1) is 17.0. The topological polar surface area (TPSA) is 49.4 Å². The average Bonchev–Trinajstić information content (AvgIpc) is 2.87. The van der Waals surface area contributed by atoms with Gasteiger partial charge in [0.05, 0.1) is 13.0 Å². The molecule has 0 radical (unpaired) electrons. The summed E-state index contributed by atoms with van der Waals surface area (Å²) in [5, 5.41) is 2.93. The fourth-order valence-corrected chi connectivity index (χ4v) is 3.89. The molecule has 4 aromatic rings. The number of halogens is 1. The second kappa shape index (κ2) is 11.3. The Morgan fingerprint density at radius 2 is 1.46 bits per heavy atom. The maximum Gasteiger partial charge on any atom is 0.258 e. The van der Waals surface area contributed by atoms with Crippen molar-refractivity contribution in [2.45, 2.75) is 26.4 Å². The highest BCUT2D eigenvalue weighted by Gasteiger charge is 2.20. The molecule has 0 aliphatic heterocycles. The molecule has 0 unspecified atom stereocenters. The van der Waals surface area contributed by atoms with Gasteiger partial charge in [-0.3, -0.25) is 9.59 Å². The summed E-state index contributed by atoms with van der Waals surface area (Å²) in [4.78, 5) is 27.5. The Bertz CT molecular complexity index is 1300. The van der Waals surface area contributed by atoms with E-state index in [4.69, 9.17) is 0 Å². The number of carbonyl (C=O) groups excluding carboxylic acids is 2. The summed E-state index contributed by atoms with van der Waals surface area (Å²) in [7, 11) is 0. The molecule has 0 saturated heterocycles. The van der Waals surface area contributed by atoms with Gasteiger partial charge in [-0.05, 0) is 59.5 Å². The first-order valence-corrected chi connectivity index (χ1v) is 11.5. The van der Waals surface area contributed by atoms with Crippen molar-refractivity contribution in [3.05, 3.63) is 137 Å². The van der Waals surface area contributed by atoms with Crippen molar-refractivity contribution in [3.63, 3.8) is 0 Å². The SMILES string of the molecule is Cc1ccccc1C(=O)N(Cc1cccc(F)c1)c1ccc(CC(=O)NCc2ccccc2)cc1. The van der Waals surface area contributed by atoms with Crippen molar-refractivity contribution < 1.29 is 14.0 Å². The van der Waals surface area contributed by atoms with Gasteiger partial charge in [0.1, 0.15) is 5.82 Å². The van der Waals surface area contributed by atoms with Crippen LogP contribution in [0.5, 0.6) is 0 Å².